The van der Waals surface area contributed by atoms with Gasteiger partial charge in [0.05, 0.1) is 6.61 Å². The molecule has 0 unspecified atom stereocenters. The predicted octanol–water partition coefficient (Wildman–Crippen LogP) is 6.72. The first-order valence-corrected chi connectivity index (χ1v) is 17.7. The topological polar surface area (TPSA) is 138 Å². The van der Waals surface area contributed by atoms with E-state index in [-0.39, 0.29) is 72.3 Å². The van der Waals surface area contributed by atoms with Crippen LogP contribution < -0.4 is 18.9 Å². The minimum Gasteiger partial charge on any atom is -0.619 e. The van der Waals surface area contributed by atoms with Crippen molar-refractivity contribution in [2.45, 2.75) is 36.2 Å². The highest BCUT2D eigenvalue weighted by atomic mass is 35.5. The SMILES string of the molecule is CN(C)C(=O)c1cccc(NS(=O)(=O)c2ccc(C(=O)O[C@@H](Cc3c(Cl)c[n+]([O-])cc3Cl)c3ccc(OC(F)F)c(OCC4CC4)c3)s2)c1. The van der Waals surface area contributed by atoms with Crippen LogP contribution >= 0.6 is 34.5 Å². The lowest BCUT2D eigenvalue weighted by molar-refractivity contribution is -0.605. The number of esters is 1. The van der Waals surface area contributed by atoms with Crippen LogP contribution in [0.5, 0.6) is 11.5 Å². The molecule has 4 aromatic rings. The van der Waals surface area contributed by atoms with Gasteiger partial charge in [0.2, 0.25) is 0 Å². The maximum absolute atomic E-state index is 13.5. The van der Waals surface area contributed by atoms with Gasteiger partial charge in [-0.1, -0.05) is 35.3 Å². The molecule has 0 spiro atoms. The number of benzene rings is 2. The van der Waals surface area contributed by atoms with E-state index in [9.17, 15) is 32.0 Å². The number of nitrogens with zero attached hydrogens (tertiary/aromatic N) is 2. The summed E-state index contributed by atoms with van der Waals surface area (Å²) in [5, 5.41) is 11.8. The van der Waals surface area contributed by atoms with Gasteiger partial charge in [0.1, 0.15) is 25.2 Å². The third-order valence-corrected chi connectivity index (χ3v) is 10.8. The molecule has 0 bridgehead atoms. The quantitative estimate of drug-likeness (QED) is 0.0851. The number of halogens is 4. The number of aromatic nitrogens is 1. The predicted molar refractivity (Wildman–Crippen MR) is 178 cm³/mol. The Morgan fingerprint density at radius 2 is 1.78 bits per heavy atom. The molecule has 17 heteroatoms. The van der Waals surface area contributed by atoms with Gasteiger partial charge in [-0.05, 0) is 66.8 Å². The highest BCUT2D eigenvalue weighted by molar-refractivity contribution is 7.94. The molecule has 1 aliphatic rings. The molecule has 1 N–H and O–H groups in total. The molecule has 5 rings (SSSR count). The Kier molecular flexibility index (Phi) is 11.2. The number of hydrogen-bond donors (Lipinski definition) is 1. The zero-order chi connectivity index (χ0) is 35.5. The molecule has 260 valence electrons. The fraction of sp³-hybridized carbons (Fsp3) is 0.281. The standard InChI is InChI=1S/C32H29Cl2F2N3O8S2/c1-38(2)30(40)20-4-3-5-21(12-20)37-49(43,44)29-11-10-28(48-29)31(41)46-26(14-22-23(33)15-39(42)16-24(22)34)19-8-9-25(47-32(35)36)27(13-19)45-17-18-6-7-18/h3-5,8-13,15-16,18,26,32,37H,6-7,14,17H2,1-2H3/t26-/m0/s1. The number of hydrogen-bond acceptors (Lipinski definition) is 9. The third-order valence-electron chi connectivity index (χ3n) is 7.24. The zero-order valence-corrected chi connectivity index (χ0v) is 29.0. The first kappa shape index (κ1) is 36.1. The summed E-state index contributed by atoms with van der Waals surface area (Å²) in [6, 6.07) is 12.5. The van der Waals surface area contributed by atoms with Crippen LogP contribution in [0, 0.1) is 11.1 Å². The average Bonchev–Trinajstić information content (AvgIpc) is 3.72. The van der Waals surface area contributed by atoms with Crippen LogP contribution in [-0.4, -0.2) is 52.5 Å². The smallest absolute Gasteiger partial charge is 0.387 e. The Labute approximate surface area is 294 Å². The van der Waals surface area contributed by atoms with Crippen LogP contribution in [0.25, 0.3) is 0 Å². The number of nitrogens with one attached hydrogen (secondary N) is 1. The van der Waals surface area contributed by atoms with E-state index in [0.29, 0.717) is 21.6 Å². The average molecular weight is 757 g/mol. The summed E-state index contributed by atoms with van der Waals surface area (Å²) in [7, 11) is -1.05. The fourth-order valence-electron chi connectivity index (χ4n) is 4.60. The summed E-state index contributed by atoms with van der Waals surface area (Å²) in [4.78, 5) is 27.1. The van der Waals surface area contributed by atoms with Gasteiger partial charge >= 0.3 is 12.6 Å². The van der Waals surface area contributed by atoms with Crippen LogP contribution in [0.2, 0.25) is 10.0 Å². The Morgan fingerprint density at radius 3 is 2.43 bits per heavy atom. The summed E-state index contributed by atoms with van der Waals surface area (Å²) in [5.74, 6) is -1.17. The number of carbonyl (C=O) groups excluding carboxylic acids is 2. The van der Waals surface area contributed by atoms with Gasteiger partial charge in [0.25, 0.3) is 15.9 Å². The highest BCUT2D eigenvalue weighted by Crippen LogP contribution is 2.38. The van der Waals surface area contributed by atoms with Gasteiger partial charge in [0.15, 0.2) is 23.9 Å². The van der Waals surface area contributed by atoms with Crippen molar-refractivity contribution >= 4 is 62.1 Å². The van der Waals surface area contributed by atoms with Crippen molar-refractivity contribution in [3.63, 3.8) is 0 Å². The van der Waals surface area contributed by atoms with Crippen LogP contribution in [0.15, 0.2) is 71.2 Å². The molecule has 1 fully saturated rings. The number of sulfonamides is 1. The van der Waals surface area contributed by atoms with E-state index in [4.69, 9.17) is 32.7 Å². The van der Waals surface area contributed by atoms with Crippen LogP contribution in [0.4, 0.5) is 14.5 Å². The fourth-order valence-corrected chi connectivity index (χ4v) is 7.44. The molecule has 1 atom stereocenters. The van der Waals surface area contributed by atoms with Gasteiger partial charge in [0, 0.05) is 37.3 Å². The second-order valence-corrected chi connectivity index (χ2v) is 15.0. The van der Waals surface area contributed by atoms with Crippen molar-refractivity contribution in [1.29, 1.82) is 0 Å². The normalized spacial score (nSPS) is 13.5. The maximum Gasteiger partial charge on any atom is 0.387 e. The summed E-state index contributed by atoms with van der Waals surface area (Å²) in [6.07, 6.45) is 2.70. The van der Waals surface area contributed by atoms with Gasteiger partial charge in [-0.15, -0.1) is 11.3 Å². The lowest BCUT2D eigenvalue weighted by atomic mass is 10.0. The van der Waals surface area contributed by atoms with Gasteiger partial charge in [-0.25, -0.2) is 13.2 Å². The second kappa shape index (κ2) is 15.2. The Morgan fingerprint density at radius 1 is 1.06 bits per heavy atom. The Hall–Kier alpha value is -4.18. The van der Waals surface area contributed by atoms with E-state index >= 15 is 0 Å². The minimum atomic E-state index is -4.18. The van der Waals surface area contributed by atoms with Crippen LogP contribution in [0.3, 0.4) is 0 Å². The molecule has 1 amide bonds. The number of alkyl halides is 2. The molecule has 2 aromatic carbocycles. The summed E-state index contributed by atoms with van der Waals surface area (Å²) in [6.45, 7) is -2.85. The molecule has 0 saturated heterocycles. The number of amides is 1. The molecule has 1 aliphatic carbocycles. The third kappa shape index (κ3) is 9.29. The molecular weight excluding hydrogens is 727 g/mol. The van der Waals surface area contributed by atoms with Crippen molar-refractivity contribution in [1.82, 2.24) is 4.90 Å². The molecule has 2 heterocycles. The van der Waals surface area contributed by atoms with Crippen molar-refractivity contribution in [2.24, 2.45) is 5.92 Å². The summed E-state index contributed by atoms with van der Waals surface area (Å²) >= 11 is 13.3. The van der Waals surface area contributed by atoms with Gasteiger partial charge in [-0.3, -0.25) is 9.52 Å². The van der Waals surface area contributed by atoms with Crippen molar-refractivity contribution in [3.8, 4) is 11.5 Å². The molecule has 49 heavy (non-hydrogen) atoms. The van der Waals surface area contributed by atoms with Crippen LogP contribution in [-0.2, 0) is 21.2 Å². The molecular formula is C32H29Cl2F2N3O8S2. The lowest BCUT2D eigenvalue weighted by Gasteiger charge is -2.21. The molecule has 0 aliphatic heterocycles. The highest BCUT2D eigenvalue weighted by Gasteiger charge is 2.28. The van der Waals surface area contributed by atoms with Crippen LogP contribution in [0.1, 0.15) is 50.1 Å². The minimum absolute atomic E-state index is 0.000309. The van der Waals surface area contributed by atoms with E-state index in [1.165, 1.54) is 53.4 Å². The zero-order valence-electron chi connectivity index (χ0n) is 25.9. The van der Waals surface area contributed by atoms with Gasteiger partial charge < -0.3 is 24.3 Å². The summed E-state index contributed by atoms with van der Waals surface area (Å²) in [5.41, 5.74) is 0.964. The van der Waals surface area contributed by atoms with Gasteiger partial charge in [-0.2, -0.15) is 13.5 Å². The van der Waals surface area contributed by atoms with Crippen molar-refractivity contribution in [2.75, 3.05) is 25.4 Å². The lowest BCUT2D eigenvalue weighted by Crippen LogP contribution is -2.25. The molecule has 0 radical (unpaired) electrons. The van der Waals surface area contributed by atoms with E-state index < -0.39 is 28.7 Å². The van der Waals surface area contributed by atoms with E-state index in [2.05, 4.69) is 9.46 Å². The number of pyridine rings is 1. The Bertz CT molecular complexity index is 1950. The number of ether oxygens (including phenoxy) is 3. The first-order chi connectivity index (χ1) is 23.2. The van der Waals surface area contributed by atoms with Crippen molar-refractivity contribution < 1.29 is 45.7 Å². The second-order valence-electron chi connectivity index (χ2n) is 11.2. The Balaban J connectivity index is 1.42. The molecule has 11 nitrogen and oxygen atoms in total. The van der Waals surface area contributed by atoms with E-state index in [1.807, 2.05) is 0 Å². The number of carbonyl (C=O) groups is 2. The first-order valence-electron chi connectivity index (χ1n) is 14.6. The molecule has 1 saturated carbocycles. The summed E-state index contributed by atoms with van der Waals surface area (Å²) < 4.78 is 71.6. The largest absolute Gasteiger partial charge is 0.619 e. The number of thiophene rings is 1. The van der Waals surface area contributed by atoms with E-state index in [0.717, 1.165) is 25.2 Å². The molecule has 2 aromatic heterocycles. The number of rotatable bonds is 14. The van der Waals surface area contributed by atoms with Crippen molar-refractivity contribution in [3.05, 3.63) is 104 Å². The van der Waals surface area contributed by atoms with E-state index in [1.54, 1.807) is 20.2 Å². The monoisotopic (exact) mass is 755 g/mol. The number of anilines is 1. The maximum atomic E-state index is 13.5.